The number of nitrogens with one attached hydrogen (secondary N) is 1. The average molecular weight is 223 g/mol. The zero-order valence-electron chi connectivity index (χ0n) is 9.29. The number of thioether (sulfide) groups is 1. The van der Waals surface area contributed by atoms with Gasteiger partial charge < -0.3 is 5.32 Å². The Hall–Kier alpha value is -0.770. The van der Waals surface area contributed by atoms with Crippen LogP contribution in [-0.2, 0) is 6.42 Å². The van der Waals surface area contributed by atoms with E-state index < -0.39 is 0 Å². The van der Waals surface area contributed by atoms with Crippen molar-refractivity contribution in [3.05, 3.63) is 17.6 Å². The molecule has 1 aliphatic heterocycles. The van der Waals surface area contributed by atoms with Crippen LogP contribution in [0.25, 0.3) is 0 Å². The third kappa shape index (κ3) is 2.43. The summed E-state index contributed by atoms with van der Waals surface area (Å²) in [6.45, 7) is 2.13. The third-order valence-electron chi connectivity index (χ3n) is 2.63. The molecule has 0 saturated carbocycles. The molecule has 0 spiro atoms. The molecule has 2 heterocycles. The van der Waals surface area contributed by atoms with Crippen molar-refractivity contribution in [1.82, 2.24) is 9.97 Å². The summed E-state index contributed by atoms with van der Waals surface area (Å²) in [7, 11) is 1.91. The first-order valence-electron chi connectivity index (χ1n) is 5.50. The number of rotatable bonds is 3. The first kappa shape index (κ1) is 10.7. The summed E-state index contributed by atoms with van der Waals surface area (Å²) in [5.74, 6) is 3.21. The minimum absolute atomic E-state index is 0.517. The zero-order chi connectivity index (χ0) is 10.7. The monoisotopic (exact) mass is 223 g/mol. The van der Waals surface area contributed by atoms with Gasteiger partial charge in [-0.1, -0.05) is 6.92 Å². The number of hydrogen-bond acceptors (Lipinski definition) is 4. The van der Waals surface area contributed by atoms with E-state index in [1.54, 1.807) is 0 Å². The molecule has 0 aliphatic carbocycles. The average Bonchev–Trinajstić information content (AvgIpc) is 2.81. The number of aromatic nitrogens is 2. The quantitative estimate of drug-likeness (QED) is 0.855. The molecule has 3 nitrogen and oxygen atoms in total. The summed E-state index contributed by atoms with van der Waals surface area (Å²) in [5.41, 5.74) is 1.14. The van der Waals surface area contributed by atoms with E-state index in [0.717, 1.165) is 23.8 Å². The Morgan fingerprint density at radius 2 is 2.40 bits per heavy atom. The summed E-state index contributed by atoms with van der Waals surface area (Å²) in [4.78, 5) is 9.15. The van der Waals surface area contributed by atoms with Crippen molar-refractivity contribution in [2.24, 2.45) is 0 Å². The van der Waals surface area contributed by atoms with Gasteiger partial charge in [0.05, 0.1) is 5.25 Å². The van der Waals surface area contributed by atoms with Crippen LogP contribution < -0.4 is 5.32 Å². The standard InChI is InChI=1S/C11H17N3S/c1-3-8-7-10(12-2)14-11(13-8)9-5-4-6-15-9/h7,9H,3-6H2,1-2H3,(H,12,13,14). The van der Waals surface area contributed by atoms with Crippen molar-refractivity contribution < 1.29 is 0 Å². The number of aryl methyl sites for hydroxylation is 1. The van der Waals surface area contributed by atoms with Gasteiger partial charge in [-0.15, -0.1) is 0 Å². The Labute approximate surface area is 95.1 Å². The summed E-state index contributed by atoms with van der Waals surface area (Å²) in [6.07, 6.45) is 3.49. The van der Waals surface area contributed by atoms with E-state index in [9.17, 15) is 0 Å². The van der Waals surface area contributed by atoms with Gasteiger partial charge in [-0.25, -0.2) is 9.97 Å². The highest BCUT2D eigenvalue weighted by Crippen LogP contribution is 2.38. The molecule has 1 aromatic heterocycles. The van der Waals surface area contributed by atoms with Gasteiger partial charge in [0.15, 0.2) is 0 Å². The van der Waals surface area contributed by atoms with Gasteiger partial charge in [-0.3, -0.25) is 0 Å². The molecule has 0 amide bonds. The smallest absolute Gasteiger partial charge is 0.143 e. The van der Waals surface area contributed by atoms with Crippen LogP contribution in [-0.4, -0.2) is 22.8 Å². The van der Waals surface area contributed by atoms with Crippen LogP contribution >= 0.6 is 11.8 Å². The molecular weight excluding hydrogens is 206 g/mol. The lowest BCUT2D eigenvalue weighted by molar-refractivity contribution is 0.767. The Morgan fingerprint density at radius 3 is 3.00 bits per heavy atom. The van der Waals surface area contributed by atoms with Crippen LogP contribution in [0.15, 0.2) is 6.07 Å². The van der Waals surface area contributed by atoms with Gasteiger partial charge in [0, 0.05) is 18.8 Å². The highest BCUT2D eigenvalue weighted by Gasteiger charge is 2.21. The number of anilines is 1. The lowest BCUT2D eigenvalue weighted by Crippen LogP contribution is -2.04. The SMILES string of the molecule is CCc1cc(NC)nc(C2CCCS2)n1. The molecular formula is C11H17N3S. The maximum Gasteiger partial charge on any atom is 0.143 e. The molecule has 1 unspecified atom stereocenters. The predicted octanol–water partition coefficient (Wildman–Crippen LogP) is 2.65. The molecule has 1 saturated heterocycles. The van der Waals surface area contributed by atoms with Gasteiger partial charge in [0.2, 0.25) is 0 Å². The second kappa shape index (κ2) is 4.84. The van der Waals surface area contributed by atoms with Crippen molar-refractivity contribution in [2.75, 3.05) is 18.1 Å². The molecule has 15 heavy (non-hydrogen) atoms. The van der Waals surface area contributed by atoms with Crippen molar-refractivity contribution in [3.8, 4) is 0 Å². The predicted molar refractivity (Wildman–Crippen MR) is 65.4 cm³/mol. The van der Waals surface area contributed by atoms with Gasteiger partial charge in [0.1, 0.15) is 11.6 Å². The lowest BCUT2D eigenvalue weighted by atomic mass is 10.2. The fourth-order valence-corrected chi connectivity index (χ4v) is 2.96. The van der Waals surface area contributed by atoms with E-state index in [0.29, 0.717) is 5.25 Å². The van der Waals surface area contributed by atoms with Crippen LogP contribution in [0.5, 0.6) is 0 Å². The van der Waals surface area contributed by atoms with E-state index in [-0.39, 0.29) is 0 Å². The van der Waals surface area contributed by atoms with Gasteiger partial charge in [-0.05, 0) is 25.0 Å². The molecule has 2 rings (SSSR count). The molecule has 1 N–H and O–H groups in total. The van der Waals surface area contributed by atoms with Crippen LogP contribution in [0, 0.1) is 0 Å². The van der Waals surface area contributed by atoms with Crippen LogP contribution in [0.1, 0.15) is 36.5 Å². The first-order chi connectivity index (χ1) is 7.33. The fourth-order valence-electron chi connectivity index (χ4n) is 1.75. The van der Waals surface area contributed by atoms with Gasteiger partial charge >= 0.3 is 0 Å². The summed E-state index contributed by atoms with van der Waals surface area (Å²) < 4.78 is 0. The Bertz CT molecular complexity index is 312. The van der Waals surface area contributed by atoms with Crippen molar-refractivity contribution >= 4 is 17.6 Å². The van der Waals surface area contributed by atoms with E-state index >= 15 is 0 Å². The van der Waals surface area contributed by atoms with Crippen molar-refractivity contribution in [3.63, 3.8) is 0 Å². The molecule has 82 valence electrons. The van der Waals surface area contributed by atoms with Crippen LogP contribution in [0.2, 0.25) is 0 Å². The van der Waals surface area contributed by atoms with Crippen molar-refractivity contribution in [1.29, 1.82) is 0 Å². The molecule has 1 fully saturated rings. The molecule has 0 bridgehead atoms. The highest BCUT2D eigenvalue weighted by atomic mass is 32.2. The highest BCUT2D eigenvalue weighted by molar-refractivity contribution is 7.99. The van der Waals surface area contributed by atoms with Gasteiger partial charge in [0.25, 0.3) is 0 Å². The molecule has 0 radical (unpaired) electrons. The minimum atomic E-state index is 0.517. The molecule has 0 aromatic carbocycles. The molecule has 4 heteroatoms. The van der Waals surface area contributed by atoms with E-state index in [4.69, 9.17) is 0 Å². The third-order valence-corrected chi connectivity index (χ3v) is 4.01. The van der Waals surface area contributed by atoms with Crippen molar-refractivity contribution in [2.45, 2.75) is 31.4 Å². The van der Waals surface area contributed by atoms with E-state index in [1.165, 1.54) is 18.6 Å². The molecule has 1 aromatic rings. The maximum atomic E-state index is 4.61. The second-order valence-corrected chi connectivity index (χ2v) is 5.02. The first-order valence-corrected chi connectivity index (χ1v) is 6.55. The summed E-state index contributed by atoms with van der Waals surface area (Å²) >= 11 is 1.98. The summed E-state index contributed by atoms with van der Waals surface area (Å²) in [5, 5.41) is 3.62. The normalized spacial score (nSPS) is 20.5. The second-order valence-electron chi connectivity index (χ2n) is 3.71. The minimum Gasteiger partial charge on any atom is -0.373 e. The van der Waals surface area contributed by atoms with Crippen LogP contribution in [0.4, 0.5) is 5.82 Å². The Morgan fingerprint density at radius 1 is 1.53 bits per heavy atom. The fraction of sp³-hybridized carbons (Fsp3) is 0.636. The zero-order valence-corrected chi connectivity index (χ0v) is 10.1. The Kier molecular flexibility index (Phi) is 3.46. The van der Waals surface area contributed by atoms with E-state index in [2.05, 4.69) is 22.2 Å². The lowest BCUT2D eigenvalue weighted by Gasteiger charge is -2.10. The number of nitrogens with zero attached hydrogens (tertiary/aromatic N) is 2. The van der Waals surface area contributed by atoms with E-state index in [1.807, 2.05) is 24.9 Å². The molecule has 1 aliphatic rings. The number of hydrogen-bond donors (Lipinski definition) is 1. The Balaban J connectivity index is 2.28. The molecule has 1 atom stereocenters. The maximum absolute atomic E-state index is 4.61. The van der Waals surface area contributed by atoms with Gasteiger partial charge in [-0.2, -0.15) is 11.8 Å². The van der Waals surface area contributed by atoms with Crippen LogP contribution in [0.3, 0.4) is 0 Å². The topological polar surface area (TPSA) is 37.8 Å². The summed E-state index contributed by atoms with van der Waals surface area (Å²) in [6, 6.07) is 2.03. The largest absolute Gasteiger partial charge is 0.373 e.